The van der Waals surface area contributed by atoms with Crippen LogP contribution in [-0.2, 0) is 0 Å². The van der Waals surface area contributed by atoms with Crippen molar-refractivity contribution < 1.29 is 0 Å². The largest absolute Gasteiger partial charge is 0.346 e. The Morgan fingerprint density at radius 1 is 1.71 bits per heavy atom. The number of nitrogens with zero attached hydrogens (tertiary/aromatic N) is 3. The summed E-state index contributed by atoms with van der Waals surface area (Å²) in [5.74, 6) is 0.762. The van der Waals surface area contributed by atoms with E-state index < -0.39 is 0 Å². The number of anilines is 1. The third-order valence-corrected chi connectivity index (χ3v) is 3.38. The van der Waals surface area contributed by atoms with Gasteiger partial charge in [0, 0.05) is 13.1 Å². The van der Waals surface area contributed by atoms with Gasteiger partial charge in [0.2, 0.25) is 5.13 Å². The molecular weight excluding hydrogens is 196 g/mol. The summed E-state index contributed by atoms with van der Waals surface area (Å²) in [4.78, 5) is 2.35. The molecule has 0 spiro atoms. The van der Waals surface area contributed by atoms with Crippen LogP contribution >= 0.6 is 11.3 Å². The molecule has 1 aliphatic rings. The van der Waals surface area contributed by atoms with Crippen molar-refractivity contribution in [3.8, 4) is 0 Å². The topological polar surface area (TPSA) is 41.0 Å². The van der Waals surface area contributed by atoms with Crippen LogP contribution in [0.4, 0.5) is 5.13 Å². The van der Waals surface area contributed by atoms with Gasteiger partial charge in [-0.3, -0.25) is 0 Å². The number of hydrogen-bond donors (Lipinski definition) is 1. The fourth-order valence-corrected chi connectivity index (χ4v) is 2.60. The van der Waals surface area contributed by atoms with Gasteiger partial charge in [-0.1, -0.05) is 11.3 Å². The number of rotatable bonds is 3. The average Bonchev–Trinajstić information content (AvgIpc) is 2.71. The van der Waals surface area contributed by atoms with Gasteiger partial charge in [-0.15, -0.1) is 10.2 Å². The van der Waals surface area contributed by atoms with Gasteiger partial charge in [0.05, 0.1) is 0 Å². The zero-order chi connectivity index (χ0) is 9.80. The molecule has 1 aromatic rings. The molecule has 0 amide bonds. The van der Waals surface area contributed by atoms with Crippen molar-refractivity contribution in [2.75, 3.05) is 31.6 Å². The van der Waals surface area contributed by atoms with Crippen LogP contribution in [-0.4, -0.2) is 36.9 Å². The van der Waals surface area contributed by atoms with Crippen molar-refractivity contribution in [2.45, 2.75) is 12.8 Å². The molecule has 0 saturated carbocycles. The Hall–Kier alpha value is -0.680. The van der Waals surface area contributed by atoms with Crippen LogP contribution < -0.4 is 10.2 Å². The van der Waals surface area contributed by atoms with Crippen LogP contribution in [0.5, 0.6) is 0 Å². The Labute approximate surface area is 88.3 Å². The summed E-state index contributed by atoms with van der Waals surface area (Å²) in [5.41, 5.74) is 1.80. The molecule has 0 radical (unpaired) electrons. The molecule has 14 heavy (non-hydrogen) atoms. The molecule has 0 aromatic carbocycles. The average molecular weight is 212 g/mol. The highest BCUT2D eigenvalue weighted by Gasteiger charge is 2.20. The molecule has 1 fully saturated rings. The molecule has 0 aliphatic carbocycles. The minimum Gasteiger partial charge on any atom is -0.346 e. The first kappa shape index (κ1) is 9.86. The highest BCUT2D eigenvalue weighted by molar-refractivity contribution is 7.13. The first-order valence-corrected chi connectivity index (χ1v) is 5.94. The molecule has 1 aromatic heterocycles. The molecule has 1 unspecified atom stereocenters. The van der Waals surface area contributed by atoms with E-state index in [4.69, 9.17) is 0 Å². The highest BCUT2D eigenvalue weighted by atomic mass is 32.1. The van der Waals surface area contributed by atoms with Crippen LogP contribution in [0.15, 0.2) is 5.51 Å². The van der Waals surface area contributed by atoms with Crippen molar-refractivity contribution >= 4 is 16.5 Å². The Bertz CT molecular complexity index is 260. The molecule has 2 rings (SSSR count). The fourth-order valence-electron chi connectivity index (χ4n) is 2.00. The maximum Gasteiger partial charge on any atom is 0.208 e. The quantitative estimate of drug-likeness (QED) is 0.810. The molecule has 5 heteroatoms. The lowest BCUT2D eigenvalue weighted by Crippen LogP contribution is -2.39. The van der Waals surface area contributed by atoms with E-state index in [1.54, 1.807) is 16.8 Å². The number of hydrogen-bond acceptors (Lipinski definition) is 5. The fraction of sp³-hybridized carbons (Fsp3) is 0.778. The molecule has 1 atom stereocenters. The van der Waals surface area contributed by atoms with Crippen molar-refractivity contribution in [1.29, 1.82) is 0 Å². The predicted octanol–water partition coefficient (Wildman–Crippen LogP) is 0.974. The summed E-state index contributed by atoms with van der Waals surface area (Å²) < 4.78 is 0. The van der Waals surface area contributed by atoms with Gasteiger partial charge in [-0.2, -0.15) is 0 Å². The number of piperidine rings is 1. The van der Waals surface area contributed by atoms with Crippen molar-refractivity contribution in [2.24, 2.45) is 5.92 Å². The second-order valence-corrected chi connectivity index (χ2v) is 4.54. The Balaban J connectivity index is 1.94. The van der Waals surface area contributed by atoms with Crippen molar-refractivity contribution in [3.63, 3.8) is 0 Å². The van der Waals surface area contributed by atoms with E-state index in [9.17, 15) is 0 Å². The minimum atomic E-state index is 0.762. The van der Waals surface area contributed by atoms with Gasteiger partial charge in [-0.05, 0) is 32.4 Å². The van der Waals surface area contributed by atoms with E-state index in [0.29, 0.717) is 0 Å². The summed E-state index contributed by atoms with van der Waals surface area (Å²) in [6.07, 6.45) is 2.60. The van der Waals surface area contributed by atoms with Crippen LogP contribution in [0.1, 0.15) is 12.8 Å². The van der Waals surface area contributed by atoms with Crippen LogP contribution in [0.3, 0.4) is 0 Å². The van der Waals surface area contributed by atoms with Gasteiger partial charge in [0.1, 0.15) is 5.51 Å². The van der Waals surface area contributed by atoms with Crippen LogP contribution in [0, 0.1) is 5.92 Å². The van der Waals surface area contributed by atoms with Crippen LogP contribution in [0.2, 0.25) is 0 Å². The molecule has 2 heterocycles. The third-order valence-electron chi connectivity index (χ3n) is 2.63. The van der Waals surface area contributed by atoms with Gasteiger partial charge < -0.3 is 10.2 Å². The van der Waals surface area contributed by atoms with Crippen molar-refractivity contribution in [1.82, 2.24) is 15.5 Å². The van der Waals surface area contributed by atoms with E-state index in [0.717, 1.165) is 30.7 Å². The van der Waals surface area contributed by atoms with Gasteiger partial charge in [0.15, 0.2) is 0 Å². The molecule has 0 bridgehead atoms. The lowest BCUT2D eigenvalue weighted by atomic mass is 9.98. The van der Waals surface area contributed by atoms with E-state index in [-0.39, 0.29) is 0 Å². The standard InChI is InChI=1S/C9H16N4S/c1-10-5-8-3-2-4-13(6-8)9-12-11-7-14-9/h7-8,10H,2-6H2,1H3. The first-order valence-electron chi connectivity index (χ1n) is 5.06. The van der Waals surface area contributed by atoms with Gasteiger partial charge in [0.25, 0.3) is 0 Å². The SMILES string of the molecule is CNCC1CCCN(c2nncs2)C1. The summed E-state index contributed by atoms with van der Waals surface area (Å²) >= 11 is 1.63. The normalized spacial score (nSPS) is 22.6. The van der Waals surface area contributed by atoms with E-state index in [2.05, 4.69) is 20.4 Å². The second kappa shape index (κ2) is 4.70. The second-order valence-electron chi connectivity index (χ2n) is 3.73. The predicted molar refractivity (Wildman–Crippen MR) is 58.8 cm³/mol. The summed E-state index contributed by atoms with van der Waals surface area (Å²) in [6, 6.07) is 0. The molecule has 78 valence electrons. The summed E-state index contributed by atoms with van der Waals surface area (Å²) in [7, 11) is 2.02. The molecule has 1 saturated heterocycles. The van der Waals surface area contributed by atoms with E-state index >= 15 is 0 Å². The van der Waals surface area contributed by atoms with Crippen LogP contribution in [0.25, 0.3) is 0 Å². The molecule has 1 aliphatic heterocycles. The Morgan fingerprint density at radius 3 is 3.36 bits per heavy atom. The summed E-state index contributed by atoms with van der Waals surface area (Å²) in [6.45, 7) is 3.36. The zero-order valence-corrected chi connectivity index (χ0v) is 9.26. The molecule has 1 N–H and O–H groups in total. The Kier molecular flexibility index (Phi) is 3.31. The maximum absolute atomic E-state index is 4.11. The zero-order valence-electron chi connectivity index (χ0n) is 8.44. The smallest absolute Gasteiger partial charge is 0.208 e. The third kappa shape index (κ3) is 2.22. The molecular formula is C9H16N4S. The van der Waals surface area contributed by atoms with E-state index in [1.165, 1.54) is 12.8 Å². The summed E-state index contributed by atoms with van der Waals surface area (Å²) in [5, 5.41) is 12.3. The monoisotopic (exact) mass is 212 g/mol. The highest BCUT2D eigenvalue weighted by Crippen LogP contribution is 2.23. The van der Waals surface area contributed by atoms with Gasteiger partial charge >= 0.3 is 0 Å². The van der Waals surface area contributed by atoms with Gasteiger partial charge in [-0.25, -0.2) is 0 Å². The maximum atomic E-state index is 4.11. The number of aromatic nitrogens is 2. The number of nitrogens with one attached hydrogen (secondary N) is 1. The Morgan fingerprint density at radius 2 is 2.64 bits per heavy atom. The van der Waals surface area contributed by atoms with Crippen molar-refractivity contribution in [3.05, 3.63) is 5.51 Å². The lowest BCUT2D eigenvalue weighted by Gasteiger charge is -2.32. The lowest BCUT2D eigenvalue weighted by molar-refractivity contribution is 0.402. The van der Waals surface area contributed by atoms with E-state index in [1.807, 2.05) is 7.05 Å². The molecule has 4 nitrogen and oxygen atoms in total. The first-order chi connectivity index (χ1) is 6.90. The minimum absolute atomic E-state index is 0.762.